The fourth-order valence-electron chi connectivity index (χ4n) is 1.83. The lowest BCUT2D eigenvalue weighted by atomic mass is 10.1. The van der Waals surface area contributed by atoms with Crippen LogP contribution in [0.2, 0.25) is 0 Å². The largest absolute Gasteiger partial charge is 0.383 e. The third kappa shape index (κ3) is 3.35. The molecule has 0 aliphatic rings. The molecule has 0 saturated carbocycles. The SMILES string of the molecule is COCC(C)N(C)S(=O)(=O)c1cc(CN)cc(F)c1C. The third-order valence-electron chi connectivity index (χ3n) is 3.28. The molecule has 0 heterocycles. The molecule has 0 spiro atoms. The second-order valence-electron chi connectivity index (χ2n) is 4.73. The Hall–Kier alpha value is -1.02. The van der Waals surface area contributed by atoms with E-state index >= 15 is 0 Å². The average Bonchev–Trinajstić information content (AvgIpc) is 2.40. The average molecular weight is 304 g/mol. The van der Waals surface area contributed by atoms with E-state index in [1.165, 1.54) is 37.5 Å². The molecule has 20 heavy (non-hydrogen) atoms. The zero-order chi connectivity index (χ0) is 15.5. The number of nitrogens with two attached hydrogens (primary N) is 1. The summed E-state index contributed by atoms with van der Waals surface area (Å²) < 4.78 is 45.0. The Balaban J connectivity index is 3.31. The molecule has 114 valence electrons. The van der Waals surface area contributed by atoms with Gasteiger partial charge in [0.2, 0.25) is 10.0 Å². The van der Waals surface area contributed by atoms with Gasteiger partial charge in [-0.1, -0.05) is 0 Å². The van der Waals surface area contributed by atoms with Gasteiger partial charge in [-0.25, -0.2) is 12.8 Å². The van der Waals surface area contributed by atoms with Gasteiger partial charge in [0, 0.05) is 32.3 Å². The zero-order valence-corrected chi connectivity index (χ0v) is 13.0. The van der Waals surface area contributed by atoms with Crippen molar-refractivity contribution in [1.29, 1.82) is 0 Å². The minimum Gasteiger partial charge on any atom is -0.383 e. The summed E-state index contributed by atoms with van der Waals surface area (Å²) >= 11 is 0. The molecule has 1 aromatic carbocycles. The van der Waals surface area contributed by atoms with E-state index in [1.54, 1.807) is 6.92 Å². The van der Waals surface area contributed by atoms with Crippen LogP contribution < -0.4 is 5.73 Å². The van der Waals surface area contributed by atoms with Gasteiger partial charge in [-0.3, -0.25) is 0 Å². The van der Waals surface area contributed by atoms with Crippen LogP contribution in [0.5, 0.6) is 0 Å². The van der Waals surface area contributed by atoms with Crippen LogP contribution in [0.15, 0.2) is 17.0 Å². The van der Waals surface area contributed by atoms with Crippen molar-refractivity contribution in [3.05, 3.63) is 29.1 Å². The molecule has 0 fully saturated rings. The summed E-state index contributed by atoms with van der Waals surface area (Å²) in [5.41, 5.74) is 6.01. The minimum atomic E-state index is -3.79. The van der Waals surface area contributed by atoms with Crippen molar-refractivity contribution in [3.63, 3.8) is 0 Å². The van der Waals surface area contributed by atoms with E-state index in [1.807, 2.05) is 0 Å². The molecule has 1 aromatic rings. The fourth-order valence-corrected chi connectivity index (χ4v) is 3.46. The fraction of sp³-hybridized carbons (Fsp3) is 0.538. The van der Waals surface area contributed by atoms with Gasteiger partial charge in [0.1, 0.15) is 5.82 Å². The number of halogens is 1. The molecule has 0 aliphatic carbocycles. The first-order valence-electron chi connectivity index (χ1n) is 6.21. The molecule has 1 unspecified atom stereocenters. The quantitative estimate of drug-likeness (QED) is 0.858. The highest BCUT2D eigenvalue weighted by molar-refractivity contribution is 7.89. The lowest BCUT2D eigenvalue weighted by Gasteiger charge is -2.24. The summed E-state index contributed by atoms with van der Waals surface area (Å²) in [6.07, 6.45) is 0. The van der Waals surface area contributed by atoms with Crippen molar-refractivity contribution in [2.24, 2.45) is 5.73 Å². The molecule has 7 heteroatoms. The van der Waals surface area contributed by atoms with Crippen LogP contribution in [0.4, 0.5) is 4.39 Å². The number of rotatable bonds is 6. The Bertz CT molecular complexity index is 575. The lowest BCUT2D eigenvalue weighted by Crippen LogP contribution is -2.38. The monoisotopic (exact) mass is 304 g/mol. The molecular formula is C13H21FN2O3S. The molecule has 2 N–H and O–H groups in total. The highest BCUT2D eigenvalue weighted by Crippen LogP contribution is 2.24. The van der Waals surface area contributed by atoms with Crippen LogP contribution in [0.3, 0.4) is 0 Å². The number of nitrogens with zero attached hydrogens (tertiary/aromatic N) is 1. The Kier molecular flexibility index (Phi) is 5.64. The minimum absolute atomic E-state index is 0.0524. The molecule has 0 radical (unpaired) electrons. The summed E-state index contributed by atoms with van der Waals surface area (Å²) in [5.74, 6) is -0.570. The van der Waals surface area contributed by atoms with E-state index in [0.717, 1.165) is 0 Å². The zero-order valence-electron chi connectivity index (χ0n) is 12.2. The lowest BCUT2D eigenvalue weighted by molar-refractivity contribution is 0.149. The summed E-state index contributed by atoms with van der Waals surface area (Å²) in [6, 6.07) is 2.32. The second kappa shape index (κ2) is 6.62. The van der Waals surface area contributed by atoms with E-state index < -0.39 is 15.8 Å². The number of benzene rings is 1. The van der Waals surface area contributed by atoms with Crippen LogP contribution in [0.25, 0.3) is 0 Å². The molecule has 0 bridgehead atoms. The predicted octanol–water partition coefficient (Wildman–Crippen LogP) is 1.25. The maximum atomic E-state index is 13.8. The van der Waals surface area contributed by atoms with Crippen LogP contribution in [0.1, 0.15) is 18.1 Å². The van der Waals surface area contributed by atoms with Gasteiger partial charge in [-0.2, -0.15) is 4.31 Å². The molecule has 0 saturated heterocycles. The van der Waals surface area contributed by atoms with E-state index in [9.17, 15) is 12.8 Å². The first-order chi connectivity index (χ1) is 9.25. The van der Waals surface area contributed by atoms with E-state index in [0.29, 0.717) is 5.56 Å². The highest BCUT2D eigenvalue weighted by atomic mass is 32.2. The van der Waals surface area contributed by atoms with E-state index in [4.69, 9.17) is 10.5 Å². The molecule has 0 amide bonds. The standard InChI is InChI=1S/C13H21FN2O3S/c1-9(8-19-4)16(3)20(17,18)13-6-11(7-15)5-12(14)10(13)2/h5-6,9H,7-8,15H2,1-4H3. The number of ether oxygens (including phenoxy) is 1. The number of methoxy groups -OCH3 is 1. The van der Waals surface area contributed by atoms with Crippen molar-refractivity contribution in [2.75, 3.05) is 20.8 Å². The summed E-state index contributed by atoms with van der Waals surface area (Å²) in [6.45, 7) is 3.50. The van der Waals surface area contributed by atoms with Crippen LogP contribution in [0, 0.1) is 12.7 Å². The Morgan fingerprint density at radius 2 is 2.05 bits per heavy atom. The third-order valence-corrected chi connectivity index (χ3v) is 5.38. The Morgan fingerprint density at radius 3 is 2.55 bits per heavy atom. The number of likely N-dealkylation sites (N-methyl/N-ethyl adjacent to an activating group) is 1. The molecule has 0 aliphatic heterocycles. The molecule has 0 aromatic heterocycles. The number of sulfonamides is 1. The van der Waals surface area contributed by atoms with Gasteiger partial charge < -0.3 is 10.5 Å². The maximum Gasteiger partial charge on any atom is 0.243 e. The highest BCUT2D eigenvalue weighted by Gasteiger charge is 2.28. The van der Waals surface area contributed by atoms with Gasteiger partial charge in [-0.05, 0) is 31.5 Å². The van der Waals surface area contributed by atoms with E-state index in [-0.39, 0.29) is 29.7 Å². The predicted molar refractivity (Wildman–Crippen MR) is 75.3 cm³/mol. The van der Waals surface area contributed by atoms with E-state index in [2.05, 4.69) is 0 Å². The Morgan fingerprint density at radius 1 is 1.45 bits per heavy atom. The van der Waals surface area contributed by atoms with Crippen LogP contribution in [-0.2, 0) is 21.3 Å². The maximum absolute atomic E-state index is 13.8. The van der Waals surface area contributed by atoms with Gasteiger partial charge in [0.25, 0.3) is 0 Å². The number of hydrogen-bond donors (Lipinski definition) is 1. The van der Waals surface area contributed by atoms with Crippen molar-refractivity contribution >= 4 is 10.0 Å². The topological polar surface area (TPSA) is 72.6 Å². The van der Waals surface area contributed by atoms with Crippen LogP contribution >= 0.6 is 0 Å². The first kappa shape index (κ1) is 17.0. The van der Waals surface area contributed by atoms with Gasteiger partial charge >= 0.3 is 0 Å². The molecule has 1 rings (SSSR count). The summed E-state index contributed by atoms with van der Waals surface area (Å²) in [7, 11) is -0.842. The Labute approximate surface area is 119 Å². The summed E-state index contributed by atoms with van der Waals surface area (Å²) in [5, 5.41) is 0. The summed E-state index contributed by atoms with van der Waals surface area (Å²) in [4.78, 5) is -0.0524. The van der Waals surface area contributed by atoms with Gasteiger partial charge in [-0.15, -0.1) is 0 Å². The van der Waals surface area contributed by atoms with Gasteiger partial charge in [0.05, 0.1) is 11.5 Å². The molecule has 1 atom stereocenters. The number of hydrogen-bond acceptors (Lipinski definition) is 4. The normalized spacial score (nSPS) is 13.8. The smallest absolute Gasteiger partial charge is 0.243 e. The van der Waals surface area contributed by atoms with Gasteiger partial charge in [0.15, 0.2) is 0 Å². The second-order valence-corrected chi connectivity index (χ2v) is 6.70. The van der Waals surface area contributed by atoms with Crippen molar-refractivity contribution in [2.45, 2.75) is 31.3 Å². The first-order valence-corrected chi connectivity index (χ1v) is 7.65. The molecule has 5 nitrogen and oxygen atoms in total. The molecular weight excluding hydrogens is 283 g/mol. The van der Waals surface area contributed by atoms with Crippen molar-refractivity contribution in [1.82, 2.24) is 4.31 Å². The van der Waals surface area contributed by atoms with Crippen molar-refractivity contribution < 1.29 is 17.5 Å². The van der Waals surface area contributed by atoms with Crippen LogP contribution in [-0.4, -0.2) is 39.5 Å². The van der Waals surface area contributed by atoms with Crippen molar-refractivity contribution in [3.8, 4) is 0 Å².